The van der Waals surface area contributed by atoms with Crippen LogP contribution in [0.1, 0.15) is 53.4 Å². The Labute approximate surface area is 76.6 Å². The molecule has 0 aromatic rings. The molecule has 0 rings (SSSR count). The molecule has 0 aliphatic heterocycles. The Kier molecular flexibility index (Phi) is 6.04. The zero-order valence-corrected chi connectivity index (χ0v) is 8.89. The maximum Gasteiger partial charge on any atom is 0.129 e. The zero-order valence-electron chi connectivity index (χ0n) is 8.89. The minimum absolute atomic E-state index is 0.325. The van der Waals surface area contributed by atoms with E-state index >= 15 is 0 Å². The van der Waals surface area contributed by atoms with E-state index < -0.39 is 0 Å². The van der Waals surface area contributed by atoms with Crippen LogP contribution in [-0.2, 0) is 4.79 Å². The molecule has 0 saturated carbocycles. The van der Waals surface area contributed by atoms with Gasteiger partial charge in [0.05, 0.1) is 0 Å². The molecule has 12 heavy (non-hydrogen) atoms. The minimum atomic E-state index is 0.325. The molecule has 0 bridgehead atoms. The van der Waals surface area contributed by atoms with E-state index in [0.717, 1.165) is 18.8 Å². The van der Waals surface area contributed by atoms with Gasteiger partial charge in [0, 0.05) is 6.42 Å². The molecule has 0 spiro atoms. The van der Waals surface area contributed by atoms with E-state index in [1.165, 1.54) is 12.8 Å². The Hall–Kier alpha value is -0.330. The predicted molar refractivity (Wildman–Crippen MR) is 53.2 cm³/mol. The third kappa shape index (κ3) is 6.38. The summed E-state index contributed by atoms with van der Waals surface area (Å²) in [6, 6.07) is 0. The Bertz CT molecular complexity index is 129. The van der Waals surface area contributed by atoms with E-state index in [1.807, 2.05) is 0 Å². The predicted octanol–water partition coefficient (Wildman–Crippen LogP) is 3.43. The number of hydrogen-bond acceptors (Lipinski definition) is 1. The van der Waals surface area contributed by atoms with Crippen LogP contribution in [0.3, 0.4) is 0 Å². The van der Waals surface area contributed by atoms with Gasteiger partial charge in [0.1, 0.15) is 5.78 Å². The Balaban J connectivity index is 3.45. The summed E-state index contributed by atoms with van der Waals surface area (Å²) in [6.45, 7) is 8.43. The molecule has 1 nitrogen and oxygen atoms in total. The summed E-state index contributed by atoms with van der Waals surface area (Å²) in [5.41, 5.74) is 0. The molecule has 0 radical (unpaired) electrons. The molecule has 0 amide bonds. The van der Waals surface area contributed by atoms with Crippen molar-refractivity contribution in [3.8, 4) is 0 Å². The van der Waals surface area contributed by atoms with Crippen molar-refractivity contribution in [2.75, 3.05) is 0 Å². The van der Waals surface area contributed by atoms with Gasteiger partial charge < -0.3 is 4.79 Å². The first-order chi connectivity index (χ1) is 5.56. The number of carbonyl (C=O) groups is 1. The molecule has 2 atom stereocenters. The lowest BCUT2D eigenvalue weighted by molar-refractivity contribution is -0.117. The fourth-order valence-electron chi connectivity index (χ4n) is 1.42. The molecule has 2 unspecified atom stereocenters. The van der Waals surface area contributed by atoms with E-state index in [0.29, 0.717) is 11.7 Å². The standard InChI is InChI=1S/C11H22O/c1-5-9(2)8-10(3)6-7-11(4)12/h9-10H,5-8H2,1-4H3. The topological polar surface area (TPSA) is 17.1 Å². The van der Waals surface area contributed by atoms with Gasteiger partial charge in [0.2, 0.25) is 0 Å². The van der Waals surface area contributed by atoms with Crippen LogP contribution >= 0.6 is 0 Å². The van der Waals surface area contributed by atoms with Crippen molar-refractivity contribution in [3.63, 3.8) is 0 Å². The quantitative estimate of drug-likeness (QED) is 0.597. The van der Waals surface area contributed by atoms with Crippen LogP contribution in [0.25, 0.3) is 0 Å². The Morgan fingerprint density at radius 2 is 1.83 bits per heavy atom. The van der Waals surface area contributed by atoms with E-state index in [2.05, 4.69) is 20.8 Å². The maximum atomic E-state index is 10.7. The maximum absolute atomic E-state index is 10.7. The van der Waals surface area contributed by atoms with Crippen molar-refractivity contribution in [2.24, 2.45) is 11.8 Å². The molecule has 0 aliphatic carbocycles. The van der Waals surface area contributed by atoms with E-state index in [1.54, 1.807) is 6.92 Å². The molecule has 0 fully saturated rings. The highest BCUT2D eigenvalue weighted by Crippen LogP contribution is 2.18. The average Bonchev–Trinajstić information content (AvgIpc) is 2.00. The van der Waals surface area contributed by atoms with Crippen molar-refractivity contribution in [3.05, 3.63) is 0 Å². The van der Waals surface area contributed by atoms with Gasteiger partial charge in [0.25, 0.3) is 0 Å². The summed E-state index contributed by atoms with van der Waals surface area (Å²) in [4.78, 5) is 10.7. The fourth-order valence-corrected chi connectivity index (χ4v) is 1.42. The molecule has 72 valence electrons. The number of hydrogen-bond donors (Lipinski definition) is 0. The van der Waals surface area contributed by atoms with Gasteiger partial charge in [0.15, 0.2) is 0 Å². The fraction of sp³-hybridized carbons (Fsp3) is 0.909. The first-order valence-corrected chi connectivity index (χ1v) is 5.05. The smallest absolute Gasteiger partial charge is 0.129 e. The summed E-state index contributed by atoms with van der Waals surface area (Å²) in [5, 5.41) is 0. The van der Waals surface area contributed by atoms with Crippen LogP contribution in [0.15, 0.2) is 0 Å². The van der Waals surface area contributed by atoms with Crippen LogP contribution in [0.5, 0.6) is 0 Å². The molecule has 0 N–H and O–H groups in total. The summed E-state index contributed by atoms with van der Waals surface area (Å²) < 4.78 is 0. The third-order valence-corrected chi connectivity index (χ3v) is 2.49. The molecular formula is C11H22O. The highest BCUT2D eigenvalue weighted by Gasteiger charge is 2.07. The first-order valence-electron chi connectivity index (χ1n) is 5.05. The molecule has 1 heteroatoms. The Morgan fingerprint density at radius 1 is 1.25 bits per heavy atom. The third-order valence-electron chi connectivity index (χ3n) is 2.49. The lowest BCUT2D eigenvalue weighted by Gasteiger charge is -2.14. The van der Waals surface area contributed by atoms with Crippen molar-refractivity contribution in [1.82, 2.24) is 0 Å². The van der Waals surface area contributed by atoms with Gasteiger partial charge in [-0.05, 0) is 31.6 Å². The van der Waals surface area contributed by atoms with Crippen LogP contribution in [0, 0.1) is 11.8 Å². The molecule has 0 saturated heterocycles. The monoisotopic (exact) mass is 170 g/mol. The lowest BCUT2D eigenvalue weighted by atomic mass is 9.92. The molecule has 0 aromatic carbocycles. The van der Waals surface area contributed by atoms with E-state index in [4.69, 9.17) is 0 Å². The largest absolute Gasteiger partial charge is 0.300 e. The van der Waals surface area contributed by atoms with E-state index in [-0.39, 0.29) is 0 Å². The second-order valence-corrected chi connectivity index (χ2v) is 4.09. The van der Waals surface area contributed by atoms with Gasteiger partial charge in [-0.25, -0.2) is 0 Å². The SMILES string of the molecule is CCC(C)CC(C)CCC(C)=O. The second-order valence-electron chi connectivity index (χ2n) is 4.09. The van der Waals surface area contributed by atoms with Crippen molar-refractivity contribution < 1.29 is 4.79 Å². The van der Waals surface area contributed by atoms with Crippen LogP contribution in [-0.4, -0.2) is 5.78 Å². The number of ketones is 1. The number of rotatable bonds is 6. The summed E-state index contributed by atoms with van der Waals surface area (Å²) in [7, 11) is 0. The Morgan fingerprint density at radius 3 is 2.25 bits per heavy atom. The lowest BCUT2D eigenvalue weighted by Crippen LogP contribution is -2.04. The normalized spacial score (nSPS) is 15.7. The molecule has 0 aliphatic rings. The van der Waals surface area contributed by atoms with Gasteiger partial charge in [-0.2, -0.15) is 0 Å². The van der Waals surface area contributed by atoms with Gasteiger partial charge in [-0.3, -0.25) is 0 Å². The van der Waals surface area contributed by atoms with Crippen molar-refractivity contribution >= 4 is 5.78 Å². The number of carbonyl (C=O) groups excluding carboxylic acids is 1. The van der Waals surface area contributed by atoms with Gasteiger partial charge in [-0.1, -0.05) is 27.2 Å². The van der Waals surface area contributed by atoms with E-state index in [9.17, 15) is 4.79 Å². The first kappa shape index (κ1) is 11.7. The van der Waals surface area contributed by atoms with Crippen molar-refractivity contribution in [1.29, 1.82) is 0 Å². The summed E-state index contributed by atoms with van der Waals surface area (Å²) in [6.07, 6.45) is 4.35. The van der Waals surface area contributed by atoms with Crippen LogP contribution < -0.4 is 0 Å². The highest BCUT2D eigenvalue weighted by molar-refractivity contribution is 5.75. The second kappa shape index (κ2) is 6.22. The van der Waals surface area contributed by atoms with Crippen LogP contribution in [0.4, 0.5) is 0 Å². The molecule has 0 heterocycles. The zero-order chi connectivity index (χ0) is 9.56. The minimum Gasteiger partial charge on any atom is -0.300 e. The van der Waals surface area contributed by atoms with Crippen LogP contribution in [0.2, 0.25) is 0 Å². The number of Topliss-reactive ketones (excluding diaryl/α,β-unsaturated/α-hetero) is 1. The summed E-state index contributed by atoms with van der Waals surface area (Å²) >= 11 is 0. The van der Waals surface area contributed by atoms with Gasteiger partial charge >= 0.3 is 0 Å². The highest BCUT2D eigenvalue weighted by atomic mass is 16.1. The summed E-state index contributed by atoms with van der Waals surface area (Å²) in [5.74, 6) is 1.85. The average molecular weight is 170 g/mol. The van der Waals surface area contributed by atoms with Crippen molar-refractivity contribution in [2.45, 2.75) is 53.4 Å². The molecule has 0 aromatic heterocycles. The molecular weight excluding hydrogens is 148 g/mol. The van der Waals surface area contributed by atoms with Gasteiger partial charge in [-0.15, -0.1) is 0 Å².